The Morgan fingerprint density at radius 1 is 1.00 bits per heavy atom. The van der Waals surface area contributed by atoms with E-state index in [4.69, 9.17) is 4.65 Å². The summed E-state index contributed by atoms with van der Waals surface area (Å²) in [6, 6.07) is 0. The van der Waals surface area contributed by atoms with Gasteiger partial charge < -0.3 is 9.76 Å². The number of hydrogen-bond acceptors (Lipinski definition) is 2. The lowest BCUT2D eigenvalue weighted by molar-refractivity contribution is -0.0898. The second-order valence-corrected chi connectivity index (χ2v) is 11.1. The number of aliphatic hydroxyl groups is 1. The van der Waals surface area contributed by atoms with Crippen LogP contribution in [0.4, 0.5) is 0 Å². The van der Waals surface area contributed by atoms with Crippen molar-refractivity contribution in [1.29, 1.82) is 0 Å². The van der Waals surface area contributed by atoms with Crippen molar-refractivity contribution in [2.45, 2.75) is 66.1 Å². The summed E-state index contributed by atoms with van der Waals surface area (Å²) in [5.41, 5.74) is 5.65. The lowest BCUT2D eigenvalue weighted by Gasteiger charge is -2.44. The van der Waals surface area contributed by atoms with Crippen molar-refractivity contribution in [3.8, 4) is 0 Å². The van der Waals surface area contributed by atoms with Gasteiger partial charge in [-0.2, -0.15) is 0 Å². The molecule has 0 fully saturated rings. The van der Waals surface area contributed by atoms with Crippen molar-refractivity contribution in [1.82, 2.24) is 0 Å². The van der Waals surface area contributed by atoms with Crippen LogP contribution in [0.3, 0.4) is 0 Å². The Balaban J connectivity index is 1.63. The monoisotopic (exact) mass is 389 g/mol. The first-order valence-electron chi connectivity index (χ1n) is 10.9. The maximum atomic E-state index is 10.4. The van der Waals surface area contributed by atoms with E-state index in [0.717, 1.165) is 6.42 Å². The van der Waals surface area contributed by atoms with E-state index in [0.29, 0.717) is 11.8 Å². The van der Waals surface area contributed by atoms with Crippen molar-refractivity contribution < 1.29 is 9.76 Å². The first kappa shape index (κ1) is 20.7. The smallest absolute Gasteiger partial charge is 0.327 e. The Bertz CT molecular complexity index is 894. The summed E-state index contributed by atoms with van der Waals surface area (Å²) in [4.78, 5) is 0. The fourth-order valence-electron chi connectivity index (χ4n) is 4.55. The van der Waals surface area contributed by atoms with E-state index in [1.54, 1.807) is 13.8 Å². The molecule has 1 radical (unpaired) electrons. The molecule has 0 heterocycles. The Morgan fingerprint density at radius 2 is 1.72 bits per heavy atom. The highest BCUT2D eigenvalue weighted by molar-refractivity contribution is 6.38. The third kappa shape index (κ3) is 3.57. The first-order valence-corrected chi connectivity index (χ1v) is 10.9. The topological polar surface area (TPSA) is 29.5 Å². The van der Waals surface area contributed by atoms with Crippen LogP contribution in [-0.2, 0) is 4.65 Å². The minimum Gasteiger partial charge on any atom is -0.427 e. The van der Waals surface area contributed by atoms with E-state index < -0.39 is 11.2 Å². The molecule has 0 bridgehead atoms. The summed E-state index contributed by atoms with van der Waals surface area (Å²) in [5.74, 6) is 1.22. The zero-order valence-corrected chi connectivity index (χ0v) is 18.9. The lowest BCUT2D eigenvalue weighted by atomic mass is 9.57. The van der Waals surface area contributed by atoms with Gasteiger partial charge in [0.05, 0.1) is 11.2 Å². The zero-order valence-electron chi connectivity index (χ0n) is 18.9. The Labute approximate surface area is 177 Å². The average Bonchev–Trinajstić information content (AvgIpc) is 2.62. The van der Waals surface area contributed by atoms with Crippen LogP contribution in [0.5, 0.6) is 0 Å². The van der Waals surface area contributed by atoms with Gasteiger partial charge in [0.25, 0.3) is 0 Å². The molecular formula is C26H34BO2. The molecule has 0 aromatic carbocycles. The predicted molar refractivity (Wildman–Crippen MR) is 121 cm³/mol. The Kier molecular flexibility index (Phi) is 4.79. The standard InChI is InChI=1S/C26H34BO2/c1-24(2,3)19-14-17-9-8-16-11-13-21(27-29-26(6,7)25(4,5)28)20-12-10-18(15-19)22(17)23(16)20/h8-14,19-20,23,28H,15H2,1-7H3. The molecule has 0 aromatic rings. The van der Waals surface area contributed by atoms with Gasteiger partial charge in [-0.05, 0) is 67.7 Å². The van der Waals surface area contributed by atoms with Gasteiger partial charge >= 0.3 is 7.48 Å². The first-order chi connectivity index (χ1) is 13.4. The highest BCUT2D eigenvalue weighted by atomic mass is 16.5. The number of rotatable bonds is 4. The highest BCUT2D eigenvalue weighted by Crippen LogP contribution is 2.52. The van der Waals surface area contributed by atoms with Crippen LogP contribution in [0.25, 0.3) is 0 Å². The van der Waals surface area contributed by atoms with Crippen LogP contribution in [0.1, 0.15) is 54.9 Å². The van der Waals surface area contributed by atoms with Crippen molar-refractivity contribution in [3.63, 3.8) is 0 Å². The van der Waals surface area contributed by atoms with Gasteiger partial charge in [-0.15, -0.1) is 0 Å². The molecule has 4 aliphatic rings. The largest absolute Gasteiger partial charge is 0.427 e. The summed E-state index contributed by atoms with van der Waals surface area (Å²) < 4.78 is 6.11. The normalized spacial score (nSPS) is 28.6. The summed E-state index contributed by atoms with van der Waals surface area (Å²) in [5, 5.41) is 10.4. The second-order valence-electron chi connectivity index (χ2n) is 11.1. The molecule has 0 spiro atoms. The van der Waals surface area contributed by atoms with Crippen molar-refractivity contribution >= 4 is 7.48 Å². The van der Waals surface area contributed by atoms with Gasteiger partial charge in [0, 0.05) is 11.8 Å². The Hall–Kier alpha value is -1.58. The minimum atomic E-state index is -0.924. The van der Waals surface area contributed by atoms with E-state index >= 15 is 0 Å². The van der Waals surface area contributed by atoms with E-state index in [2.05, 4.69) is 63.3 Å². The fourth-order valence-corrected chi connectivity index (χ4v) is 4.55. The molecule has 3 unspecified atom stereocenters. The average molecular weight is 389 g/mol. The molecule has 2 nitrogen and oxygen atoms in total. The second kappa shape index (κ2) is 6.72. The molecule has 4 rings (SSSR count). The molecule has 0 saturated carbocycles. The van der Waals surface area contributed by atoms with E-state index in [-0.39, 0.29) is 11.3 Å². The van der Waals surface area contributed by atoms with Crippen LogP contribution in [-0.4, -0.2) is 23.8 Å². The molecule has 0 aliphatic heterocycles. The maximum absolute atomic E-state index is 10.4. The Morgan fingerprint density at radius 3 is 2.38 bits per heavy atom. The third-order valence-electron chi connectivity index (χ3n) is 7.40. The van der Waals surface area contributed by atoms with Crippen molar-refractivity contribution in [2.24, 2.45) is 23.2 Å². The fraction of sp³-hybridized carbons (Fsp3) is 0.538. The number of hydrogen-bond donors (Lipinski definition) is 1. The molecule has 29 heavy (non-hydrogen) atoms. The van der Waals surface area contributed by atoms with Gasteiger partial charge in [0.15, 0.2) is 0 Å². The molecular weight excluding hydrogens is 355 g/mol. The van der Waals surface area contributed by atoms with E-state index in [1.165, 1.54) is 27.8 Å². The van der Waals surface area contributed by atoms with Crippen LogP contribution in [0, 0.1) is 23.2 Å². The van der Waals surface area contributed by atoms with Gasteiger partial charge in [-0.3, -0.25) is 0 Å². The molecule has 0 amide bonds. The molecule has 3 atom stereocenters. The minimum absolute atomic E-state index is 0.266. The highest BCUT2D eigenvalue weighted by Gasteiger charge is 2.42. The van der Waals surface area contributed by atoms with Crippen LogP contribution < -0.4 is 0 Å². The van der Waals surface area contributed by atoms with E-state index in [1.807, 2.05) is 21.3 Å². The summed E-state index contributed by atoms with van der Waals surface area (Å²) in [7, 11) is 1.87. The van der Waals surface area contributed by atoms with Gasteiger partial charge in [-0.1, -0.05) is 68.8 Å². The van der Waals surface area contributed by atoms with Crippen molar-refractivity contribution in [3.05, 3.63) is 70.3 Å². The van der Waals surface area contributed by atoms with Crippen LogP contribution >= 0.6 is 0 Å². The van der Waals surface area contributed by atoms with Gasteiger partial charge in [-0.25, -0.2) is 0 Å². The van der Waals surface area contributed by atoms with Crippen LogP contribution in [0.15, 0.2) is 70.3 Å². The SMILES string of the molecule is CC(C)(C)C1C=C2C=CC3=CC=C([B]OC(C)(C)C(C)(C)O)C4C=CC(=C2C34)C1. The van der Waals surface area contributed by atoms with Crippen LogP contribution in [0.2, 0.25) is 0 Å². The predicted octanol–water partition coefficient (Wildman–Crippen LogP) is 5.66. The summed E-state index contributed by atoms with van der Waals surface area (Å²) in [6.07, 6.45) is 17.3. The molecule has 153 valence electrons. The maximum Gasteiger partial charge on any atom is 0.327 e. The van der Waals surface area contributed by atoms with E-state index in [9.17, 15) is 5.11 Å². The molecule has 1 N–H and O–H groups in total. The molecule has 4 aliphatic carbocycles. The third-order valence-corrected chi connectivity index (χ3v) is 7.40. The van der Waals surface area contributed by atoms with Crippen molar-refractivity contribution in [2.75, 3.05) is 0 Å². The molecule has 0 saturated heterocycles. The summed E-state index contributed by atoms with van der Waals surface area (Å²) in [6.45, 7) is 14.5. The quantitative estimate of drug-likeness (QED) is 0.629. The molecule has 0 aromatic heterocycles. The van der Waals surface area contributed by atoms with Gasteiger partial charge in [0.2, 0.25) is 0 Å². The number of allylic oxidation sites excluding steroid dienone is 12. The van der Waals surface area contributed by atoms with Gasteiger partial charge in [0.1, 0.15) is 0 Å². The lowest BCUT2D eigenvalue weighted by Crippen LogP contribution is -2.48. The zero-order chi connectivity index (χ0) is 21.2. The summed E-state index contributed by atoms with van der Waals surface area (Å²) >= 11 is 0. The molecule has 3 heteroatoms.